The van der Waals surface area contributed by atoms with Crippen LogP contribution in [0.5, 0.6) is 0 Å². The maximum atomic E-state index is 8.06. The van der Waals surface area contributed by atoms with Crippen molar-refractivity contribution in [3.63, 3.8) is 0 Å². The summed E-state index contributed by atoms with van der Waals surface area (Å²) in [6.07, 6.45) is 0. The van der Waals surface area contributed by atoms with Crippen molar-refractivity contribution in [1.29, 1.82) is 0 Å². The van der Waals surface area contributed by atoms with E-state index in [0.29, 0.717) is 0 Å². The molecular formula is C20H16NOP. The summed E-state index contributed by atoms with van der Waals surface area (Å²) in [4.78, 5) is 0. The largest absolute Gasteiger partial charge is 0.398 e. The van der Waals surface area contributed by atoms with E-state index in [2.05, 4.69) is 72.8 Å². The van der Waals surface area contributed by atoms with Crippen LogP contribution in [0.15, 0.2) is 78.9 Å². The number of rotatable bonds is 1. The zero-order chi connectivity index (χ0) is 16.2. The molecule has 3 heteroatoms. The molecule has 2 nitrogen and oxygen atoms in total. The molecule has 0 spiro atoms. The molecule has 4 rings (SSSR count). The van der Waals surface area contributed by atoms with Crippen molar-refractivity contribution in [2.24, 2.45) is 0 Å². The van der Waals surface area contributed by atoms with Crippen LogP contribution < -0.4 is 5.73 Å². The fourth-order valence-corrected chi connectivity index (χ4v) is 3.03. The molecule has 112 valence electrons. The van der Waals surface area contributed by atoms with Gasteiger partial charge in [0, 0.05) is 11.3 Å². The fraction of sp³-hybridized carbons (Fsp3) is 0. The van der Waals surface area contributed by atoms with Gasteiger partial charge in [0.2, 0.25) is 0 Å². The maximum absolute atomic E-state index is 8.06. The second kappa shape index (κ2) is 6.60. The summed E-state index contributed by atoms with van der Waals surface area (Å²) in [5.74, 6) is 0. The Bertz CT molecular complexity index is 976. The van der Waals surface area contributed by atoms with Gasteiger partial charge in [-0.1, -0.05) is 72.8 Å². The molecule has 0 unspecified atom stereocenters. The molecule has 0 fully saturated rings. The average Bonchev–Trinajstić information content (AvgIpc) is 2.63. The van der Waals surface area contributed by atoms with E-state index >= 15 is 0 Å². The molecule has 4 aromatic rings. The molecule has 4 aromatic carbocycles. The summed E-state index contributed by atoms with van der Waals surface area (Å²) in [5.41, 5.74) is 9.46. The molecule has 0 aliphatic rings. The van der Waals surface area contributed by atoms with Crippen molar-refractivity contribution >= 4 is 36.4 Å². The van der Waals surface area contributed by atoms with Crippen molar-refractivity contribution in [1.82, 2.24) is 0 Å². The highest BCUT2D eigenvalue weighted by Gasteiger charge is 2.10. The molecular weight excluding hydrogens is 301 g/mol. The van der Waals surface area contributed by atoms with Crippen LogP contribution >= 0.6 is 9.12 Å². The summed E-state index contributed by atoms with van der Waals surface area (Å²) in [6.45, 7) is 0. The third-order valence-electron chi connectivity index (χ3n) is 4.02. The fourth-order valence-electron chi connectivity index (χ4n) is 3.03. The number of nitrogens with two attached hydrogens (primary N) is 1. The van der Waals surface area contributed by atoms with E-state index in [-0.39, 0.29) is 0 Å². The molecule has 0 atom stereocenters. The lowest BCUT2D eigenvalue weighted by molar-refractivity contribution is 0.607. The van der Waals surface area contributed by atoms with Crippen molar-refractivity contribution in [3.8, 4) is 11.1 Å². The Morgan fingerprint density at radius 2 is 1.17 bits per heavy atom. The predicted molar refractivity (Wildman–Crippen MR) is 100 cm³/mol. The standard InChI is InChI=1S/C20H15N.HOP/c21-19-13-12-15-7-2-4-10-17(15)20(19)18-11-5-8-14-6-1-3-9-16(14)18;1-2/h1-13H,21H2;2H. The molecule has 0 aliphatic heterocycles. The van der Waals surface area contributed by atoms with Crippen molar-refractivity contribution in [2.45, 2.75) is 0 Å². The first-order valence-corrected chi connectivity index (χ1v) is 7.71. The lowest BCUT2D eigenvalue weighted by Crippen LogP contribution is -1.92. The monoisotopic (exact) mass is 317 g/mol. The van der Waals surface area contributed by atoms with Gasteiger partial charge in [0.1, 0.15) is 9.12 Å². The quantitative estimate of drug-likeness (QED) is 0.360. The first-order valence-electron chi connectivity index (χ1n) is 7.30. The van der Waals surface area contributed by atoms with Crippen molar-refractivity contribution < 1.29 is 4.57 Å². The van der Waals surface area contributed by atoms with Crippen LogP contribution in [0.2, 0.25) is 0 Å². The number of anilines is 1. The van der Waals surface area contributed by atoms with Gasteiger partial charge < -0.3 is 5.73 Å². The summed E-state index contributed by atoms with van der Waals surface area (Å²) < 4.78 is 8.06. The minimum atomic E-state index is 0.824. The Hall–Kier alpha value is -2.70. The lowest BCUT2D eigenvalue weighted by atomic mass is 9.93. The molecule has 0 bridgehead atoms. The first-order chi connectivity index (χ1) is 11.3. The SMILES string of the molecule is Nc1ccc2ccccc2c1-c1cccc2ccccc12.O=P. The number of hydrogen-bond donors (Lipinski definition) is 1. The third-order valence-corrected chi connectivity index (χ3v) is 4.02. The van der Waals surface area contributed by atoms with Gasteiger partial charge in [0.15, 0.2) is 0 Å². The van der Waals surface area contributed by atoms with Crippen LogP contribution in [0.25, 0.3) is 32.7 Å². The lowest BCUT2D eigenvalue weighted by Gasteiger charge is -2.13. The Morgan fingerprint density at radius 3 is 1.91 bits per heavy atom. The van der Waals surface area contributed by atoms with Crippen LogP contribution in [0, 0.1) is 0 Å². The molecule has 0 heterocycles. The smallest absolute Gasteiger partial charge is 0.138 e. The van der Waals surface area contributed by atoms with Gasteiger partial charge in [-0.2, -0.15) is 0 Å². The van der Waals surface area contributed by atoms with Crippen LogP contribution in [0.1, 0.15) is 0 Å². The van der Waals surface area contributed by atoms with Crippen molar-refractivity contribution in [3.05, 3.63) is 78.9 Å². The van der Waals surface area contributed by atoms with Crippen LogP contribution in [-0.2, 0) is 4.57 Å². The summed E-state index contributed by atoms with van der Waals surface area (Å²) in [7, 11) is 1.72. The highest BCUT2D eigenvalue weighted by molar-refractivity contribution is 7.00. The van der Waals surface area contributed by atoms with Gasteiger partial charge >= 0.3 is 0 Å². The van der Waals surface area contributed by atoms with Gasteiger partial charge in [0.25, 0.3) is 0 Å². The molecule has 0 radical (unpaired) electrons. The number of benzene rings is 4. The second-order valence-electron chi connectivity index (χ2n) is 5.28. The van der Waals surface area contributed by atoms with E-state index in [1.54, 1.807) is 9.12 Å². The number of fused-ring (bicyclic) bond motifs is 2. The number of hydrogen-bond acceptors (Lipinski definition) is 2. The Labute approximate surface area is 137 Å². The average molecular weight is 317 g/mol. The van der Waals surface area contributed by atoms with Gasteiger partial charge in [0.05, 0.1) is 0 Å². The van der Waals surface area contributed by atoms with Crippen LogP contribution in [0.3, 0.4) is 0 Å². The van der Waals surface area contributed by atoms with E-state index in [1.807, 2.05) is 6.07 Å². The molecule has 0 aromatic heterocycles. The van der Waals surface area contributed by atoms with E-state index in [1.165, 1.54) is 27.1 Å². The maximum Gasteiger partial charge on any atom is 0.138 e. The van der Waals surface area contributed by atoms with Gasteiger partial charge in [-0.25, -0.2) is 0 Å². The van der Waals surface area contributed by atoms with Gasteiger partial charge in [-0.15, -0.1) is 0 Å². The van der Waals surface area contributed by atoms with Gasteiger partial charge in [-0.3, -0.25) is 4.57 Å². The highest BCUT2D eigenvalue weighted by Crippen LogP contribution is 2.37. The number of nitrogen functional groups attached to an aromatic ring is 1. The van der Waals surface area contributed by atoms with Crippen LogP contribution in [-0.4, -0.2) is 0 Å². The Balaban J connectivity index is 0.000000753. The van der Waals surface area contributed by atoms with E-state index in [0.717, 1.165) is 11.3 Å². The molecule has 0 amide bonds. The van der Waals surface area contributed by atoms with E-state index < -0.39 is 0 Å². The molecule has 23 heavy (non-hydrogen) atoms. The van der Waals surface area contributed by atoms with Crippen molar-refractivity contribution in [2.75, 3.05) is 5.73 Å². The summed E-state index contributed by atoms with van der Waals surface area (Å²) in [6, 6.07) is 27.3. The summed E-state index contributed by atoms with van der Waals surface area (Å²) >= 11 is 0. The Kier molecular flexibility index (Phi) is 4.36. The molecule has 0 aliphatic carbocycles. The normalized spacial score (nSPS) is 10.3. The predicted octanol–water partition coefficient (Wildman–Crippen LogP) is 5.72. The second-order valence-corrected chi connectivity index (χ2v) is 5.28. The molecule has 2 N–H and O–H groups in total. The first kappa shape index (κ1) is 15.2. The minimum absolute atomic E-state index is 0.824. The Morgan fingerprint density at radius 1 is 0.609 bits per heavy atom. The van der Waals surface area contributed by atoms with Crippen LogP contribution in [0.4, 0.5) is 5.69 Å². The van der Waals surface area contributed by atoms with E-state index in [4.69, 9.17) is 10.3 Å². The minimum Gasteiger partial charge on any atom is -0.398 e. The summed E-state index contributed by atoms with van der Waals surface area (Å²) in [5, 5.41) is 4.90. The molecule has 0 saturated carbocycles. The van der Waals surface area contributed by atoms with Gasteiger partial charge in [-0.05, 0) is 33.2 Å². The third kappa shape index (κ3) is 2.69. The highest BCUT2D eigenvalue weighted by atomic mass is 31.0. The zero-order valence-electron chi connectivity index (χ0n) is 12.5. The van der Waals surface area contributed by atoms with E-state index in [9.17, 15) is 0 Å². The molecule has 0 saturated heterocycles. The topological polar surface area (TPSA) is 43.1 Å². The zero-order valence-corrected chi connectivity index (χ0v) is 13.5.